The van der Waals surface area contributed by atoms with Crippen molar-refractivity contribution in [2.45, 2.75) is 13.5 Å². The molecule has 0 saturated carbocycles. The number of carbonyl (C=O) groups excluding carboxylic acids is 1. The zero-order valence-electron chi connectivity index (χ0n) is 15.2. The highest BCUT2D eigenvalue weighted by Gasteiger charge is 2.26. The van der Waals surface area contributed by atoms with Gasteiger partial charge in [0.25, 0.3) is 5.91 Å². The molecule has 0 saturated heterocycles. The zero-order chi connectivity index (χ0) is 19.7. The number of methoxy groups -OCH3 is 1. The fourth-order valence-corrected chi connectivity index (χ4v) is 4.06. The van der Waals surface area contributed by atoms with Gasteiger partial charge in [0.2, 0.25) is 5.76 Å². The van der Waals surface area contributed by atoms with Gasteiger partial charge in [-0.1, -0.05) is 58.4 Å². The second-order valence-corrected chi connectivity index (χ2v) is 7.52. The summed E-state index contributed by atoms with van der Waals surface area (Å²) in [5.74, 6) is 0.439. The maximum Gasteiger partial charge on any atom is 0.298 e. The molecule has 4 aromatic rings. The number of rotatable bonds is 5. The first kappa shape index (κ1) is 18.5. The monoisotopic (exact) mass is 413 g/mol. The summed E-state index contributed by atoms with van der Waals surface area (Å²) >= 11 is 7.68. The number of benzene rings is 2. The maximum atomic E-state index is 13.2. The molecule has 2 aromatic heterocycles. The van der Waals surface area contributed by atoms with Gasteiger partial charge in [0.15, 0.2) is 5.13 Å². The van der Waals surface area contributed by atoms with E-state index in [2.05, 4.69) is 10.1 Å². The first-order valence-corrected chi connectivity index (χ1v) is 9.68. The number of aryl methyl sites for hydroxylation is 1. The lowest BCUT2D eigenvalue weighted by Gasteiger charge is -2.18. The number of anilines is 1. The highest BCUT2D eigenvalue weighted by atomic mass is 35.5. The molecular weight excluding hydrogens is 398 g/mol. The number of carbonyl (C=O) groups is 1. The molecule has 0 bridgehead atoms. The van der Waals surface area contributed by atoms with Crippen molar-refractivity contribution in [2.24, 2.45) is 0 Å². The van der Waals surface area contributed by atoms with Crippen molar-refractivity contribution in [1.82, 2.24) is 10.1 Å². The Hall–Kier alpha value is -2.90. The predicted octanol–water partition coefficient (Wildman–Crippen LogP) is 5.10. The Morgan fingerprint density at radius 2 is 2.04 bits per heavy atom. The Balaban J connectivity index is 1.82. The molecule has 0 radical (unpaired) electrons. The Morgan fingerprint density at radius 1 is 1.25 bits per heavy atom. The van der Waals surface area contributed by atoms with Gasteiger partial charge in [-0.3, -0.25) is 9.69 Å². The first-order valence-electron chi connectivity index (χ1n) is 8.49. The lowest BCUT2D eigenvalue weighted by molar-refractivity contribution is 0.0949. The van der Waals surface area contributed by atoms with E-state index in [0.29, 0.717) is 33.7 Å². The van der Waals surface area contributed by atoms with Crippen LogP contribution < -0.4 is 9.64 Å². The number of ether oxygens (including phenoxy) is 1. The fourth-order valence-electron chi connectivity index (χ4n) is 2.81. The van der Waals surface area contributed by atoms with Crippen molar-refractivity contribution in [3.63, 3.8) is 0 Å². The number of aromatic nitrogens is 2. The zero-order valence-corrected chi connectivity index (χ0v) is 16.8. The topological polar surface area (TPSA) is 68.5 Å². The number of halogens is 1. The van der Waals surface area contributed by atoms with Crippen molar-refractivity contribution >= 4 is 44.2 Å². The molecule has 0 aliphatic heterocycles. The molecule has 0 atom stereocenters. The van der Waals surface area contributed by atoms with Crippen LogP contribution in [0.15, 0.2) is 53.1 Å². The molecule has 2 heterocycles. The first-order chi connectivity index (χ1) is 13.6. The van der Waals surface area contributed by atoms with E-state index in [0.717, 1.165) is 10.3 Å². The van der Waals surface area contributed by atoms with Crippen molar-refractivity contribution < 1.29 is 14.1 Å². The van der Waals surface area contributed by atoms with Crippen LogP contribution in [0.3, 0.4) is 0 Å². The van der Waals surface area contributed by atoms with Crippen molar-refractivity contribution in [3.8, 4) is 5.75 Å². The number of nitrogens with zero attached hydrogens (tertiary/aromatic N) is 3. The van der Waals surface area contributed by atoms with Crippen LogP contribution in [-0.4, -0.2) is 23.2 Å². The standard InChI is InChI=1S/C20H16ClN3O3S/c1-12-10-16(27-23-12)19(25)24(11-13-6-4-3-5-7-13)20-22-17-15(26-2)9-8-14(21)18(17)28-20/h3-10H,11H2,1-2H3. The number of thiazole rings is 1. The van der Waals surface area contributed by atoms with Gasteiger partial charge < -0.3 is 9.26 Å². The quantitative estimate of drug-likeness (QED) is 0.455. The summed E-state index contributed by atoms with van der Waals surface area (Å²) in [5.41, 5.74) is 2.22. The van der Waals surface area contributed by atoms with E-state index >= 15 is 0 Å². The highest BCUT2D eigenvalue weighted by molar-refractivity contribution is 7.23. The third kappa shape index (κ3) is 3.46. The van der Waals surface area contributed by atoms with Crippen LogP contribution >= 0.6 is 22.9 Å². The third-order valence-electron chi connectivity index (χ3n) is 4.17. The predicted molar refractivity (Wildman–Crippen MR) is 109 cm³/mol. The van der Waals surface area contributed by atoms with Gasteiger partial charge >= 0.3 is 0 Å². The summed E-state index contributed by atoms with van der Waals surface area (Å²) in [4.78, 5) is 19.4. The molecule has 142 valence electrons. The molecule has 1 amide bonds. The normalized spacial score (nSPS) is 11.0. The highest BCUT2D eigenvalue weighted by Crippen LogP contribution is 2.39. The lowest BCUT2D eigenvalue weighted by atomic mass is 10.2. The molecule has 0 aliphatic carbocycles. The van der Waals surface area contributed by atoms with E-state index < -0.39 is 0 Å². The van der Waals surface area contributed by atoms with E-state index in [1.807, 2.05) is 30.3 Å². The number of hydrogen-bond donors (Lipinski definition) is 0. The number of fused-ring (bicyclic) bond motifs is 1. The minimum absolute atomic E-state index is 0.158. The number of amides is 1. The van der Waals surface area contributed by atoms with E-state index in [9.17, 15) is 4.79 Å². The smallest absolute Gasteiger partial charge is 0.298 e. The van der Waals surface area contributed by atoms with Crippen LogP contribution in [0.25, 0.3) is 10.2 Å². The number of hydrogen-bond acceptors (Lipinski definition) is 6. The van der Waals surface area contributed by atoms with Crippen LogP contribution in [0, 0.1) is 6.92 Å². The Bertz CT molecular complexity index is 1140. The van der Waals surface area contributed by atoms with Crippen molar-refractivity contribution in [3.05, 3.63) is 70.6 Å². The lowest BCUT2D eigenvalue weighted by Crippen LogP contribution is -2.30. The second kappa shape index (κ2) is 7.61. The Morgan fingerprint density at radius 3 is 2.71 bits per heavy atom. The summed E-state index contributed by atoms with van der Waals surface area (Å²) in [5, 5.41) is 4.89. The summed E-state index contributed by atoms with van der Waals surface area (Å²) in [7, 11) is 1.58. The van der Waals surface area contributed by atoms with Gasteiger partial charge in [-0.15, -0.1) is 0 Å². The van der Waals surface area contributed by atoms with E-state index in [-0.39, 0.29) is 11.7 Å². The summed E-state index contributed by atoms with van der Waals surface area (Å²) < 4.78 is 11.3. The van der Waals surface area contributed by atoms with E-state index in [1.54, 1.807) is 37.1 Å². The molecule has 8 heteroatoms. The minimum atomic E-state index is -0.321. The average Bonchev–Trinajstić information content (AvgIpc) is 3.34. The molecule has 0 spiro atoms. The van der Waals surface area contributed by atoms with Crippen LogP contribution in [-0.2, 0) is 6.54 Å². The molecule has 28 heavy (non-hydrogen) atoms. The van der Waals surface area contributed by atoms with Crippen molar-refractivity contribution in [1.29, 1.82) is 0 Å². The average molecular weight is 414 g/mol. The molecule has 4 rings (SSSR count). The van der Waals surface area contributed by atoms with Gasteiger partial charge in [-0.05, 0) is 24.6 Å². The van der Waals surface area contributed by atoms with Crippen molar-refractivity contribution in [2.75, 3.05) is 12.0 Å². The molecule has 0 fully saturated rings. The summed E-state index contributed by atoms with van der Waals surface area (Å²) in [6.45, 7) is 2.10. The van der Waals surface area contributed by atoms with E-state index in [1.165, 1.54) is 11.3 Å². The van der Waals surface area contributed by atoms with Crippen LogP contribution in [0.1, 0.15) is 21.8 Å². The fraction of sp³-hybridized carbons (Fsp3) is 0.150. The Kier molecular flexibility index (Phi) is 5.02. The Labute approximate surface area is 170 Å². The SMILES string of the molecule is COc1ccc(Cl)c2sc(N(Cc3ccccc3)C(=O)c3cc(C)no3)nc12. The molecule has 6 nitrogen and oxygen atoms in total. The third-order valence-corrected chi connectivity index (χ3v) is 5.70. The molecule has 0 unspecified atom stereocenters. The molecular formula is C20H16ClN3O3S. The minimum Gasteiger partial charge on any atom is -0.494 e. The molecule has 0 aliphatic rings. The molecule has 2 aromatic carbocycles. The van der Waals surface area contributed by atoms with Gasteiger partial charge in [-0.2, -0.15) is 0 Å². The maximum absolute atomic E-state index is 13.2. The van der Waals surface area contributed by atoms with Gasteiger partial charge in [-0.25, -0.2) is 4.98 Å². The van der Waals surface area contributed by atoms with Crippen LogP contribution in [0.4, 0.5) is 5.13 Å². The second-order valence-electron chi connectivity index (χ2n) is 6.13. The summed E-state index contributed by atoms with van der Waals surface area (Å²) in [6, 6.07) is 14.8. The largest absolute Gasteiger partial charge is 0.494 e. The van der Waals surface area contributed by atoms with Gasteiger partial charge in [0.1, 0.15) is 11.3 Å². The van der Waals surface area contributed by atoms with Crippen LogP contribution in [0.2, 0.25) is 5.02 Å². The van der Waals surface area contributed by atoms with Gasteiger partial charge in [0.05, 0.1) is 29.1 Å². The van der Waals surface area contributed by atoms with Crippen LogP contribution in [0.5, 0.6) is 5.75 Å². The molecule has 0 N–H and O–H groups in total. The van der Waals surface area contributed by atoms with Gasteiger partial charge in [0, 0.05) is 6.07 Å². The summed E-state index contributed by atoms with van der Waals surface area (Å²) in [6.07, 6.45) is 0. The van der Waals surface area contributed by atoms with E-state index in [4.69, 9.17) is 20.9 Å².